The summed E-state index contributed by atoms with van der Waals surface area (Å²) in [5.74, 6) is 0.197. The first-order valence-corrected chi connectivity index (χ1v) is 7.50. The molecule has 6 nitrogen and oxygen atoms in total. The van der Waals surface area contributed by atoms with Crippen molar-refractivity contribution >= 4 is 22.8 Å². The highest BCUT2D eigenvalue weighted by atomic mass is 16.4. The summed E-state index contributed by atoms with van der Waals surface area (Å²) >= 11 is 0. The molecule has 3 aromatic rings. The van der Waals surface area contributed by atoms with Gasteiger partial charge in [0.2, 0.25) is 0 Å². The average molecular weight is 310 g/mol. The molecule has 23 heavy (non-hydrogen) atoms. The number of H-pyrrole nitrogens is 1. The van der Waals surface area contributed by atoms with Gasteiger partial charge < -0.3 is 15.4 Å². The monoisotopic (exact) mass is 310 g/mol. The Hall–Kier alpha value is -2.89. The van der Waals surface area contributed by atoms with E-state index in [4.69, 9.17) is 0 Å². The van der Waals surface area contributed by atoms with Crippen LogP contribution in [0, 0.1) is 6.92 Å². The fourth-order valence-corrected chi connectivity index (χ4v) is 2.47. The Morgan fingerprint density at radius 2 is 2.04 bits per heavy atom. The Balaban J connectivity index is 2.12. The van der Waals surface area contributed by atoms with Crippen molar-refractivity contribution in [1.82, 2.24) is 15.0 Å². The lowest BCUT2D eigenvalue weighted by Crippen LogP contribution is -2.28. The highest BCUT2D eigenvalue weighted by Gasteiger charge is 2.18. The van der Waals surface area contributed by atoms with Crippen molar-refractivity contribution in [2.75, 3.05) is 5.32 Å². The van der Waals surface area contributed by atoms with Crippen LogP contribution in [0.3, 0.4) is 0 Å². The zero-order valence-corrected chi connectivity index (χ0v) is 13.0. The molecule has 0 spiro atoms. The Labute approximate surface area is 133 Å². The molecule has 0 saturated heterocycles. The predicted molar refractivity (Wildman–Crippen MR) is 89.4 cm³/mol. The van der Waals surface area contributed by atoms with E-state index in [1.807, 2.05) is 50.2 Å². The van der Waals surface area contributed by atoms with Crippen molar-refractivity contribution < 1.29 is 9.90 Å². The lowest BCUT2D eigenvalue weighted by atomic mass is 10.2. The van der Waals surface area contributed by atoms with Crippen LogP contribution in [0.2, 0.25) is 0 Å². The topological polar surface area (TPSA) is 90.9 Å². The average Bonchev–Trinajstić information content (AvgIpc) is 2.93. The number of carbonyl (C=O) groups is 1. The molecular weight excluding hydrogens is 292 g/mol. The van der Waals surface area contributed by atoms with E-state index in [1.165, 1.54) is 0 Å². The van der Waals surface area contributed by atoms with Crippen LogP contribution in [0.1, 0.15) is 19.0 Å². The molecule has 0 radical (unpaired) electrons. The first-order valence-electron chi connectivity index (χ1n) is 7.50. The van der Waals surface area contributed by atoms with E-state index < -0.39 is 12.0 Å². The third-order valence-electron chi connectivity index (χ3n) is 3.67. The van der Waals surface area contributed by atoms with Crippen LogP contribution in [0.15, 0.2) is 36.4 Å². The van der Waals surface area contributed by atoms with Gasteiger partial charge in [-0.15, -0.1) is 0 Å². The van der Waals surface area contributed by atoms with Gasteiger partial charge in [0.25, 0.3) is 0 Å². The lowest BCUT2D eigenvalue weighted by molar-refractivity contribution is -0.137. The third kappa shape index (κ3) is 3.01. The molecule has 6 heteroatoms. The maximum absolute atomic E-state index is 11.3. The lowest BCUT2D eigenvalue weighted by Gasteiger charge is -2.14. The summed E-state index contributed by atoms with van der Waals surface area (Å²) in [6.45, 7) is 3.76. The van der Waals surface area contributed by atoms with E-state index in [2.05, 4.69) is 20.3 Å². The Bertz CT molecular complexity index is 842. The molecule has 118 valence electrons. The van der Waals surface area contributed by atoms with E-state index in [0.717, 1.165) is 16.6 Å². The van der Waals surface area contributed by atoms with Crippen LogP contribution in [-0.2, 0) is 4.79 Å². The molecule has 1 aromatic carbocycles. The molecule has 0 aliphatic rings. The number of benzene rings is 1. The predicted octanol–water partition coefficient (Wildman–Crippen LogP) is 3.21. The van der Waals surface area contributed by atoms with Crippen molar-refractivity contribution in [3.8, 4) is 11.4 Å². The second-order valence-corrected chi connectivity index (χ2v) is 5.42. The number of carboxylic acids is 1. The van der Waals surface area contributed by atoms with Crippen molar-refractivity contribution in [3.05, 3.63) is 42.1 Å². The number of nitrogens with one attached hydrogen (secondary N) is 2. The number of hydrogen-bond donors (Lipinski definition) is 3. The molecular formula is C17H18N4O2. The van der Waals surface area contributed by atoms with Crippen LogP contribution >= 0.6 is 0 Å². The number of anilines is 1. The molecule has 1 unspecified atom stereocenters. The number of nitrogens with zero attached hydrogens (tertiary/aromatic N) is 2. The number of rotatable bonds is 5. The number of fused-ring (bicyclic) bond motifs is 1. The largest absolute Gasteiger partial charge is 0.480 e. The second-order valence-electron chi connectivity index (χ2n) is 5.42. The van der Waals surface area contributed by atoms with E-state index in [1.54, 1.807) is 0 Å². The van der Waals surface area contributed by atoms with Gasteiger partial charge in [-0.05, 0) is 19.4 Å². The van der Waals surface area contributed by atoms with Crippen molar-refractivity contribution in [2.24, 2.45) is 0 Å². The van der Waals surface area contributed by atoms with E-state index in [-0.39, 0.29) is 0 Å². The van der Waals surface area contributed by atoms with Gasteiger partial charge >= 0.3 is 5.97 Å². The van der Waals surface area contributed by atoms with Gasteiger partial charge in [-0.1, -0.05) is 37.3 Å². The Morgan fingerprint density at radius 3 is 2.70 bits per heavy atom. The molecule has 3 rings (SSSR count). The minimum Gasteiger partial charge on any atom is -0.480 e. The summed E-state index contributed by atoms with van der Waals surface area (Å²) in [6.07, 6.45) is 0.463. The maximum atomic E-state index is 11.3. The minimum atomic E-state index is -0.896. The molecule has 3 N–H and O–H groups in total. The smallest absolute Gasteiger partial charge is 0.326 e. The Kier molecular flexibility index (Phi) is 3.97. The van der Waals surface area contributed by atoms with Gasteiger partial charge in [-0.3, -0.25) is 0 Å². The minimum absolute atomic E-state index is 0.463. The van der Waals surface area contributed by atoms with E-state index in [0.29, 0.717) is 23.7 Å². The molecule has 2 heterocycles. The van der Waals surface area contributed by atoms with Gasteiger partial charge in [0.1, 0.15) is 17.5 Å². The molecule has 0 saturated carbocycles. The fourth-order valence-electron chi connectivity index (χ4n) is 2.47. The molecule has 2 aromatic heterocycles. The van der Waals surface area contributed by atoms with Gasteiger partial charge in [-0.25, -0.2) is 14.8 Å². The number of aliphatic carboxylic acids is 1. The van der Waals surface area contributed by atoms with Gasteiger partial charge in [0.15, 0.2) is 5.82 Å². The number of aromatic amines is 1. The van der Waals surface area contributed by atoms with Gasteiger partial charge in [0, 0.05) is 11.3 Å². The van der Waals surface area contributed by atoms with Crippen molar-refractivity contribution in [1.29, 1.82) is 0 Å². The molecule has 0 fully saturated rings. The summed E-state index contributed by atoms with van der Waals surface area (Å²) in [4.78, 5) is 23.6. The van der Waals surface area contributed by atoms with E-state index >= 15 is 0 Å². The molecule has 1 atom stereocenters. The van der Waals surface area contributed by atoms with Gasteiger partial charge in [-0.2, -0.15) is 0 Å². The molecule has 0 bridgehead atoms. The SMILES string of the molecule is CCC(Nc1nc(-c2ccccc2)nc2[nH]c(C)cc12)C(=O)O. The number of aromatic nitrogens is 3. The van der Waals surface area contributed by atoms with Crippen LogP contribution in [-0.4, -0.2) is 32.1 Å². The second kappa shape index (κ2) is 6.08. The highest BCUT2D eigenvalue weighted by molar-refractivity contribution is 5.91. The first kappa shape index (κ1) is 15.0. The normalized spacial score (nSPS) is 12.3. The quantitative estimate of drug-likeness (QED) is 0.673. The molecule has 0 aliphatic carbocycles. The Morgan fingerprint density at radius 1 is 1.30 bits per heavy atom. The maximum Gasteiger partial charge on any atom is 0.326 e. The zero-order chi connectivity index (χ0) is 16.4. The summed E-state index contributed by atoms with van der Waals surface area (Å²) in [6, 6.07) is 10.8. The fraction of sp³-hybridized carbons (Fsp3) is 0.235. The van der Waals surface area contributed by atoms with Crippen molar-refractivity contribution in [3.63, 3.8) is 0 Å². The van der Waals surface area contributed by atoms with Crippen LogP contribution < -0.4 is 5.32 Å². The van der Waals surface area contributed by atoms with Crippen LogP contribution in [0.25, 0.3) is 22.4 Å². The number of hydrogen-bond acceptors (Lipinski definition) is 4. The van der Waals surface area contributed by atoms with Crippen LogP contribution in [0.5, 0.6) is 0 Å². The summed E-state index contributed by atoms with van der Waals surface area (Å²) in [5, 5.41) is 13.1. The summed E-state index contributed by atoms with van der Waals surface area (Å²) in [5.41, 5.74) is 2.53. The first-order chi connectivity index (χ1) is 11.1. The molecule has 0 amide bonds. The zero-order valence-electron chi connectivity index (χ0n) is 13.0. The molecule has 0 aliphatic heterocycles. The van der Waals surface area contributed by atoms with Gasteiger partial charge in [0.05, 0.1) is 5.39 Å². The standard InChI is InChI=1S/C17H18N4O2/c1-3-13(17(22)23)19-16-12-9-10(2)18-15(12)20-14(21-16)11-7-5-4-6-8-11/h4-9,13H,3H2,1-2H3,(H,22,23)(H2,18,19,20,21). The highest BCUT2D eigenvalue weighted by Crippen LogP contribution is 2.26. The summed E-state index contributed by atoms with van der Waals surface area (Å²) < 4.78 is 0. The van der Waals surface area contributed by atoms with Crippen molar-refractivity contribution in [2.45, 2.75) is 26.3 Å². The number of carboxylic acid groups (broad SMARTS) is 1. The van der Waals surface area contributed by atoms with Crippen LogP contribution in [0.4, 0.5) is 5.82 Å². The summed E-state index contributed by atoms with van der Waals surface area (Å²) in [7, 11) is 0. The number of aryl methyl sites for hydroxylation is 1. The third-order valence-corrected chi connectivity index (χ3v) is 3.67. The van der Waals surface area contributed by atoms with E-state index in [9.17, 15) is 9.90 Å².